The number of ketones is 1. The molecule has 1 aromatic carbocycles. The molecule has 19 heavy (non-hydrogen) atoms. The molecule has 0 radical (unpaired) electrons. The second-order valence-electron chi connectivity index (χ2n) is 3.59. The number of aromatic nitrogens is 1. The fourth-order valence-electron chi connectivity index (χ4n) is 1.34. The molecular formula is C11H6ClF3N2OS. The van der Waals surface area contributed by atoms with E-state index in [1.54, 1.807) is 0 Å². The number of carbonyl (C=O) groups is 1. The van der Waals surface area contributed by atoms with Gasteiger partial charge in [-0.15, -0.1) is 11.3 Å². The van der Waals surface area contributed by atoms with Gasteiger partial charge in [0.15, 0.2) is 5.01 Å². The molecule has 100 valence electrons. The van der Waals surface area contributed by atoms with Crippen molar-refractivity contribution in [3.63, 3.8) is 0 Å². The molecule has 0 bridgehead atoms. The average molecular weight is 307 g/mol. The molecule has 0 amide bonds. The van der Waals surface area contributed by atoms with E-state index in [1.165, 1.54) is 18.2 Å². The van der Waals surface area contributed by atoms with Gasteiger partial charge in [-0.2, -0.15) is 13.2 Å². The Balaban J connectivity index is 2.34. The van der Waals surface area contributed by atoms with E-state index in [-0.39, 0.29) is 21.2 Å². The molecule has 2 rings (SSSR count). The lowest BCUT2D eigenvalue weighted by Gasteiger charge is -2.02. The summed E-state index contributed by atoms with van der Waals surface area (Å²) in [6.07, 6.45) is -3.65. The van der Waals surface area contributed by atoms with Gasteiger partial charge in [0.25, 0.3) is 0 Å². The van der Waals surface area contributed by atoms with Crippen LogP contribution >= 0.6 is 22.9 Å². The first-order valence-electron chi connectivity index (χ1n) is 4.92. The Morgan fingerprint density at radius 2 is 2.05 bits per heavy atom. The predicted octanol–water partition coefficient (Wildman–Crippen LogP) is 3.63. The van der Waals surface area contributed by atoms with Gasteiger partial charge in [0, 0.05) is 11.8 Å². The van der Waals surface area contributed by atoms with E-state index in [0.717, 1.165) is 6.20 Å². The lowest BCUT2D eigenvalue weighted by molar-refractivity contribution is -0.137. The van der Waals surface area contributed by atoms with E-state index >= 15 is 0 Å². The maximum atomic E-state index is 12.4. The molecule has 8 heteroatoms. The molecular weight excluding hydrogens is 301 g/mol. The summed E-state index contributed by atoms with van der Waals surface area (Å²) in [5.41, 5.74) is 5.89. The quantitative estimate of drug-likeness (QED) is 0.681. The zero-order chi connectivity index (χ0) is 14.2. The van der Waals surface area contributed by atoms with Crippen LogP contribution in [0.5, 0.6) is 0 Å². The molecule has 2 aromatic rings. The van der Waals surface area contributed by atoms with Gasteiger partial charge in [0.1, 0.15) is 0 Å². The fourth-order valence-corrected chi connectivity index (χ4v) is 2.20. The topological polar surface area (TPSA) is 56.0 Å². The number of carbonyl (C=O) groups excluding carboxylic acids is 1. The summed E-state index contributed by atoms with van der Waals surface area (Å²) in [7, 11) is 0. The number of alkyl halides is 3. The first kappa shape index (κ1) is 13.8. The smallest absolute Gasteiger partial charge is 0.398 e. The number of halogens is 4. The van der Waals surface area contributed by atoms with Crippen molar-refractivity contribution in [2.45, 2.75) is 6.18 Å². The largest absolute Gasteiger partial charge is 0.443 e. The first-order valence-corrected chi connectivity index (χ1v) is 6.11. The Bertz CT molecular complexity index is 639. The lowest BCUT2D eigenvalue weighted by atomic mass is 10.1. The van der Waals surface area contributed by atoms with Gasteiger partial charge < -0.3 is 5.73 Å². The van der Waals surface area contributed by atoms with Crippen molar-refractivity contribution in [1.29, 1.82) is 0 Å². The molecule has 2 N–H and O–H groups in total. The van der Waals surface area contributed by atoms with Crippen molar-refractivity contribution < 1.29 is 18.0 Å². The zero-order valence-electron chi connectivity index (χ0n) is 9.16. The minimum atomic E-state index is -4.55. The summed E-state index contributed by atoms with van der Waals surface area (Å²) in [4.78, 5) is 15.0. The number of nitrogens with zero attached hydrogens (tertiary/aromatic N) is 1. The third kappa shape index (κ3) is 2.87. The van der Waals surface area contributed by atoms with Crippen LogP contribution in [0.4, 0.5) is 18.9 Å². The third-order valence-electron chi connectivity index (χ3n) is 2.23. The van der Waals surface area contributed by atoms with Gasteiger partial charge in [-0.05, 0) is 18.2 Å². The molecule has 0 fully saturated rings. The molecule has 0 aliphatic heterocycles. The Labute approximate surface area is 114 Å². The van der Waals surface area contributed by atoms with Crippen LogP contribution in [0, 0.1) is 0 Å². The van der Waals surface area contributed by atoms with Gasteiger partial charge in [0.2, 0.25) is 5.78 Å². The fraction of sp³-hybridized carbons (Fsp3) is 0.0909. The Hall–Kier alpha value is -1.60. The first-order chi connectivity index (χ1) is 8.79. The van der Waals surface area contributed by atoms with Crippen molar-refractivity contribution in [2.75, 3.05) is 5.73 Å². The molecule has 0 spiro atoms. The predicted molar refractivity (Wildman–Crippen MR) is 66.4 cm³/mol. The maximum Gasteiger partial charge on any atom is 0.443 e. The average Bonchev–Trinajstić information content (AvgIpc) is 2.81. The van der Waals surface area contributed by atoms with Gasteiger partial charge in [-0.3, -0.25) is 4.79 Å². The lowest BCUT2D eigenvalue weighted by Crippen LogP contribution is -2.03. The highest BCUT2D eigenvalue weighted by atomic mass is 35.5. The minimum Gasteiger partial charge on any atom is -0.398 e. The van der Waals surface area contributed by atoms with Gasteiger partial charge in [-0.1, -0.05) is 11.6 Å². The third-order valence-corrected chi connectivity index (χ3v) is 3.62. The van der Waals surface area contributed by atoms with E-state index in [9.17, 15) is 18.0 Å². The van der Waals surface area contributed by atoms with Crippen LogP contribution in [-0.4, -0.2) is 10.8 Å². The number of hydrogen-bond donors (Lipinski definition) is 1. The molecule has 0 aliphatic carbocycles. The Morgan fingerprint density at radius 3 is 2.58 bits per heavy atom. The van der Waals surface area contributed by atoms with Gasteiger partial charge >= 0.3 is 6.18 Å². The van der Waals surface area contributed by atoms with E-state index in [0.29, 0.717) is 11.3 Å². The highest BCUT2D eigenvalue weighted by molar-refractivity contribution is 7.14. The maximum absolute atomic E-state index is 12.4. The van der Waals surface area contributed by atoms with E-state index in [4.69, 9.17) is 17.3 Å². The van der Waals surface area contributed by atoms with Crippen molar-refractivity contribution in [2.24, 2.45) is 0 Å². The number of rotatable bonds is 2. The number of thiazole rings is 1. The molecule has 0 saturated heterocycles. The van der Waals surface area contributed by atoms with E-state index in [2.05, 4.69) is 4.98 Å². The standard InChI is InChI=1S/C11H6ClF3N2OS/c12-6-2-1-5(3-7(6)16)9(18)8-4-17-10(19-8)11(13,14)15/h1-4H,16H2. The Kier molecular flexibility index (Phi) is 3.51. The van der Waals surface area contributed by atoms with Crippen LogP contribution < -0.4 is 5.73 Å². The van der Waals surface area contributed by atoms with Gasteiger partial charge in [-0.25, -0.2) is 4.98 Å². The summed E-state index contributed by atoms with van der Waals surface area (Å²) in [6.45, 7) is 0. The highest BCUT2D eigenvalue weighted by Gasteiger charge is 2.35. The van der Waals surface area contributed by atoms with Crippen molar-refractivity contribution >= 4 is 34.4 Å². The summed E-state index contributed by atoms with van der Waals surface area (Å²) >= 11 is 5.99. The van der Waals surface area contributed by atoms with E-state index in [1.807, 2.05) is 0 Å². The number of nitrogen functional groups attached to an aromatic ring is 1. The number of anilines is 1. The summed E-state index contributed by atoms with van der Waals surface area (Å²) < 4.78 is 37.1. The molecule has 1 heterocycles. The molecule has 0 unspecified atom stereocenters. The van der Waals surface area contributed by atoms with Crippen LogP contribution in [0.25, 0.3) is 0 Å². The van der Waals surface area contributed by atoms with Crippen LogP contribution in [0.15, 0.2) is 24.4 Å². The number of hydrogen-bond acceptors (Lipinski definition) is 4. The highest BCUT2D eigenvalue weighted by Crippen LogP contribution is 2.33. The molecule has 0 aliphatic rings. The zero-order valence-corrected chi connectivity index (χ0v) is 10.7. The minimum absolute atomic E-state index is 0.103. The van der Waals surface area contributed by atoms with Crippen molar-refractivity contribution in [1.82, 2.24) is 4.98 Å². The Morgan fingerprint density at radius 1 is 1.37 bits per heavy atom. The van der Waals surface area contributed by atoms with Crippen LogP contribution in [0.2, 0.25) is 5.02 Å². The molecule has 1 aromatic heterocycles. The monoisotopic (exact) mass is 306 g/mol. The molecule has 0 atom stereocenters. The molecule has 0 saturated carbocycles. The van der Waals surface area contributed by atoms with Crippen LogP contribution in [-0.2, 0) is 6.18 Å². The second kappa shape index (κ2) is 4.82. The SMILES string of the molecule is Nc1cc(C(=O)c2cnc(C(F)(F)F)s2)ccc1Cl. The summed E-state index contributed by atoms with van der Waals surface area (Å²) in [5.74, 6) is -0.573. The number of nitrogens with two attached hydrogens (primary N) is 1. The van der Waals surface area contributed by atoms with Crippen LogP contribution in [0.1, 0.15) is 20.2 Å². The molecule has 3 nitrogen and oxygen atoms in total. The van der Waals surface area contributed by atoms with Crippen molar-refractivity contribution in [3.05, 3.63) is 44.9 Å². The number of benzene rings is 1. The second-order valence-corrected chi connectivity index (χ2v) is 5.03. The summed E-state index contributed by atoms with van der Waals surface area (Å²) in [5, 5.41) is -0.783. The van der Waals surface area contributed by atoms with E-state index < -0.39 is 17.0 Å². The van der Waals surface area contributed by atoms with Gasteiger partial charge in [0.05, 0.1) is 15.6 Å². The summed E-state index contributed by atoms with van der Waals surface area (Å²) in [6, 6.07) is 4.13. The van der Waals surface area contributed by atoms with Crippen molar-refractivity contribution in [3.8, 4) is 0 Å². The normalized spacial score (nSPS) is 11.6. The van der Waals surface area contributed by atoms with Crippen LogP contribution in [0.3, 0.4) is 0 Å².